The number of benzene rings is 1. The van der Waals surface area contributed by atoms with Crippen LogP contribution in [0.3, 0.4) is 0 Å². The largest absolute Gasteiger partial charge is 0.478 e. The molecule has 1 saturated carbocycles. The van der Waals surface area contributed by atoms with E-state index in [1.54, 1.807) is 6.07 Å². The van der Waals surface area contributed by atoms with E-state index in [0.717, 1.165) is 43.6 Å². The number of carboxylic acid groups (broad SMARTS) is 1. The van der Waals surface area contributed by atoms with Gasteiger partial charge in [-0.1, -0.05) is 37.3 Å². The second kappa shape index (κ2) is 8.26. The summed E-state index contributed by atoms with van der Waals surface area (Å²) in [5.74, 6) is 0.0562. The van der Waals surface area contributed by atoms with Crippen LogP contribution >= 0.6 is 0 Å². The van der Waals surface area contributed by atoms with Crippen LogP contribution < -0.4 is 5.32 Å². The minimum absolute atomic E-state index is 0.343. The van der Waals surface area contributed by atoms with E-state index in [-0.39, 0.29) is 0 Å². The molecule has 1 atom stereocenters. The molecule has 4 heteroatoms. The third-order valence-corrected chi connectivity index (χ3v) is 4.74. The molecule has 1 heterocycles. The molecule has 0 saturated heterocycles. The van der Waals surface area contributed by atoms with Crippen molar-refractivity contribution < 1.29 is 9.90 Å². The Labute approximate surface area is 149 Å². The Kier molecular flexibility index (Phi) is 5.82. The SMILES string of the molecule is CC(CCc1ccccc1)CNCc1ccc(C(=O)O)c(C2CC2)n1. The fourth-order valence-corrected chi connectivity index (χ4v) is 3.07. The summed E-state index contributed by atoms with van der Waals surface area (Å²) >= 11 is 0. The number of aryl methyl sites for hydroxylation is 1. The third-order valence-electron chi connectivity index (χ3n) is 4.74. The second-order valence-electron chi connectivity index (χ2n) is 7.08. The van der Waals surface area contributed by atoms with Crippen LogP contribution in [-0.4, -0.2) is 22.6 Å². The zero-order valence-electron chi connectivity index (χ0n) is 14.7. The van der Waals surface area contributed by atoms with Crippen LogP contribution in [0.2, 0.25) is 0 Å². The van der Waals surface area contributed by atoms with Gasteiger partial charge in [-0.3, -0.25) is 4.98 Å². The first-order valence-electron chi connectivity index (χ1n) is 9.11. The van der Waals surface area contributed by atoms with Crippen molar-refractivity contribution in [2.45, 2.75) is 45.1 Å². The van der Waals surface area contributed by atoms with Crippen LogP contribution in [0.5, 0.6) is 0 Å². The average Bonchev–Trinajstić information content (AvgIpc) is 3.46. The van der Waals surface area contributed by atoms with Crippen LogP contribution in [0.1, 0.15) is 59.4 Å². The van der Waals surface area contributed by atoms with Gasteiger partial charge in [-0.25, -0.2) is 4.79 Å². The minimum atomic E-state index is -0.872. The van der Waals surface area contributed by atoms with E-state index < -0.39 is 5.97 Å². The molecule has 1 aromatic carbocycles. The van der Waals surface area contributed by atoms with Crippen LogP contribution in [0.15, 0.2) is 42.5 Å². The number of carboxylic acids is 1. The van der Waals surface area contributed by atoms with Crippen LogP contribution in [-0.2, 0) is 13.0 Å². The number of hydrogen-bond acceptors (Lipinski definition) is 3. The standard InChI is InChI=1S/C21H26N2O2/c1-15(7-8-16-5-3-2-4-6-16)13-22-14-18-11-12-19(21(24)25)20(23-18)17-9-10-17/h2-6,11-12,15,17,22H,7-10,13-14H2,1H3,(H,24,25). The van der Waals surface area contributed by atoms with Gasteiger partial charge >= 0.3 is 5.97 Å². The van der Waals surface area contributed by atoms with Gasteiger partial charge in [0.25, 0.3) is 0 Å². The number of nitrogens with zero attached hydrogens (tertiary/aromatic N) is 1. The summed E-state index contributed by atoms with van der Waals surface area (Å²) < 4.78 is 0. The van der Waals surface area contributed by atoms with E-state index in [4.69, 9.17) is 0 Å². The predicted molar refractivity (Wildman–Crippen MR) is 98.8 cm³/mol. The Morgan fingerprint density at radius 1 is 1.24 bits per heavy atom. The van der Waals surface area contributed by atoms with Gasteiger partial charge in [-0.15, -0.1) is 0 Å². The minimum Gasteiger partial charge on any atom is -0.478 e. The highest BCUT2D eigenvalue weighted by Gasteiger charge is 2.29. The van der Waals surface area contributed by atoms with Crippen molar-refractivity contribution in [2.75, 3.05) is 6.54 Å². The number of nitrogens with one attached hydrogen (secondary N) is 1. The zero-order chi connectivity index (χ0) is 17.6. The number of aromatic nitrogens is 1. The molecule has 2 aromatic rings. The van der Waals surface area contributed by atoms with Gasteiger partial charge in [0.05, 0.1) is 17.0 Å². The van der Waals surface area contributed by atoms with E-state index in [9.17, 15) is 9.90 Å². The van der Waals surface area contributed by atoms with Crippen molar-refractivity contribution in [3.63, 3.8) is 0 Å². The highest BCUT2D eigenvalue weighted by atomic mass is 16.4. The summed E-state index contributed by atoms with van der Waals surface area (Å²) in [7, 11) is 0. The Morgan fingerprint density at radius 3 is 2.68 bits per heavy atom. The van der Waals surface area contributed by atoms with Crippen molar-refractivity contribution in [2.24, 2.45) is 5.92 Å². The van der Waals surface area contributed by atoms with Gasteiger partial charge in [0.15, 0.2) is 0 Å². The molecule has 0 aliphatic heterocycles. The maximum atomic E-state index is 11.3. The Balaban J connectivity index is 1.47. The molecule has 4 nitrogen and oxygen atoms in total. The summed E-state index contributed by atoms with van der Waals surface area (Å²) in [6.45, 7) is 3.88. The summed E-state index contributed by atoms with van der Waals surface area (Å²) in [5.41, 5.74) is 3.45. The third kappa shape index (κ3) is 5.13. The molecule has 132 valence electrons. The fourth-order valence-electron chi connectivity index (χ4n) is 3.07. The molecule has 0 spiro atoms. The van der Waals surface area contributed by atoms with Crippen molar-refractivity contribution >= 4 is 5.97 Å². The van der Waals surface area contributed by atoms with Crippen LogP contribution in [0.4, 0.5) is 0 Å². The quantitative estimate of drug-likeness (QED) is 0.725. The number of pyridine rings is 1. The maximum absolute atomic E-state index is 11.3. The maximum Gasteiger partial charge on any atom is 0.337 e. The van der Waals surface area contributed by atoms with E-state index in [1.807, 2.05) is 12.1 Å². The molecule has 0 radical (unpaired) electrons. The second-order valence-corrected chi connectivity index (χ2v) is 7.08. The zero-order valence-corrected chi connectivity index (χ0v) is 14.7. The normalized spacial score (nSPS) is 15.1. The lowest BCUT2D eigenvalue weighted by Gasteiger charge is -2.13. The first-order chi connectivity index (χ1) is 12.1. The fraction of sp³-hybridized carbons (Fsp3) is 0.429. The van der Waals surface area contributed by atoms with Crippen LogP contribution in [0.25, 0.3) is 0 Å². The molecule has 1 aliphatic rings. The molecular formula is C21H26N2O2. The van der Waals surface area contributed by atoms with E-state index in [2.05, 4.69) is 41.5 Å². The van der Waals surface area contributed by atoms with Gasteiger partial charge in [-0.05, 0) is 55.8 Å². The van der Waals surface area contributed by atoms with Gasteiger partial charge < -0.3 is 10.4 Å². The Hall–Kier alpha value is -2.20. The molecule has 1 aliphatic carbocycles. The number of hydrogen-bond donors (Lipinski definition) is 2. The summed E-state index contributed by atoms with van der Waals surface area (Å²) in [6, 6.07) is 14.1. The van der Waals surface area contributed by atoms with Gasteiger partial charge in [0, 0.05) is 12.5 Å². The first kappa shape index (κ1) is 17.6. The molecule has 1 unspecified atom stereocenters. The highest BCUT2D eigenvalue weighted by Crippen LogP contribution is 2.40. The number of rotatable bonds is 9. The van der Waals surface area contributed by atoms with Gasteiger partial charge in [0.2, 0.25) is 0 Å². The Morgan fingerprint density at radius 2 is 2.00 bits per heavy atom. The lowest BCUT2D eigenvalue weighted by atomic mass is 10.0. The summed E-state index contributed by atoms with van der Waals surface area (Å²) in [5, 5.41) is 12.7. The molecule has 0 bridgehead atoms. The van der Waals surface area contributed by atoms with Gasteiger partial charge in [0.1, 0.15) is 0 Å². The monoisotopic (exact) mass is 338 g/mol. The van der Waals surface area contributed by atoms with Crippen molar-refractivity contribution in [3.8, 4) is 0 Å². The predicted octanol–water partition coefficient (Wildman–Crippen LogP) is 4.02. The lowest BCUT2D eigenvalue weighted by molar-refractivity contribution is 0.0695. The molecular weight excluding hydrogens is 312 g/mol. The van der Waals surface area contributed by atoms with Crippen molar-refractivity contribution in [1.29, 1.82) is 0 Å². The van der Waals surface area contributed by atoms with Gasteiger partial charge in [-0.2, -0.15) is 0 Å². The molecule has 2 N–H and O–H groups in total. The molecule has 1 aromatic heterocycles. The lowest BCUT2D eigenvalue weighted by Crippen LogP contribution is -2.22. The molecule has 1 fully saturated rings. The highest BCUT2D eigenvalue weighted by molar-refractivity contribution is 5.89. The smallest absolute Gasteiger partial charge is 0.337 e. The number of carbonyl (C=O) groups is 1. The van der Waals surface area contributed by atoms with E-state index >= 15 is 0 Å². The molecule has 3 rings (SSSR count). The van der Waals surface area contributed by atoms with Crippen molar-refractivity contribution in [1.82, 2.24) is 10.3 Å². The average molecular weight is 338 g/mol. The topological polar surface area (TPSA) is 62.2 Å². The van der Waals surface area contributed by atoms with E-state index in [1.165, 1.54) is 5.56 Å². The summed E-state index contributed by atoms with van der Waals surface area (Å²) in [6.07, 6.45) is 4.36. The van der Waals surface area contributed by atoms with E-state index in [0.29, 0.717) is 23.9 Å². The molecule has 0 amide bonds. The van der Waals surface area contributed by atoms with Crippen LogP contribution in [0, 0.1) is 5.92 Å². The summed E-state index contributed by atoms with van der Waals surface area (Å²) in [4.78, 5) is 15.9. The molecule has 25 heavy (non-hydrogen) atoms. The first-order valence-corrected chi connectivity index (χ1v) is 9.11. The Bertz CT molecular complexity index is 711. The number of aromatic carboxylic acids is 1. The van der Waals surface area contributed by atoms with Crippen molar-refractivity contribution in [3.05, 3.63) is 65.0 Å².